The van der Waals surface area contributed by atoms with Crippen LogP contribution < -0.4 is 20.9 Å². The van der Waals surface area contributed by atoms with Gasteiger partial charge in [-0.1, -0.05) is 37.3 Å². The number of benzene rings is 2. The second-order valence-electron chi connectivity index (χ2n) is 9.86. The zero-order valence-corrected chi connectivity index (χ0v) is 23.7. The number of nitrogens with zero attached hydrogens (tertiary/aromatic N) is 3. The second kappa shape index (κ2) is 12.1. The molecule has 1 atom stereocenters. The van der Waals surface area contributed by atoms with E-state index in [9.17, 15) is 14.0 Å². The number of halogens is 1. The molecule has 1 fully saturated rings. The topological polar surface area (TPSA) is 87.4 Å². The maximum absolute atomic E-state index is 15.0. The molecule has 0 spiro atoms. The molecule has 4 aromatic rings. The number of methoxy groups -OCH3 is 1. The average Bonchev–Trinajstić information content (AvgIpc) is 3.32. The normalized spacial score (nSPS) is 13.2. The first-order chi connectivity index (χ1) is 19.4. The van der Waals surface area contributed by atoms with Gasteiger partial charge >= 0.3 is 0 Å². The number of aryl methyl sites for hydroxylation is 1. The van der Waals surface area contributed by atoms with Crippen LogP contribution in [0.15, 0.2) is 65.7 Å². The molecule has 1 saturated heterocycles. The largest absolute Gasteiger partial charge is 0.494 e. The molecule has 0 bridgehead atoms. The number of carbonyl (C=O) groups is 1. The van der Waals surface area contributed by atoms with E-state index < -0.39 is 5.82 Å². The molecule has 0 aliphatic carbocycles. The lowest BCUT2D eigenvalue weighted by molar-refractivity contribution is 0.00620. The van der Waals surface area contributed by atoms with Gasteiger partial charge in [-0.05, 0) is 40.5 Å². The minimum atomic E-state index is -0.458. The molecule has 8 nitrogen and oxygen atoms in total. The third-order valence-electron chi connectivity index (χ3n) is 7.12. The summed E-state index contributed by atoms with van der Waals surface area (Å²) in [6.45, 7) is 3.95. The highest BCUT2D eigenvalue weighted by molar-refractivity contribution is 7.27. The quantitative estimate of drug-likeness (QED) is 0.300. The molecule has 40 heavy (non-hydrogen) atoms. The van der Waals surface area contributed by atoms with Crippen LogP contribution in [0.1, 0.15) is 51.1 Å². The van der Waals surface area contributed by atoms with Crippen molar-refractivity contribution in [3.05, 3.63) is 111 Å². The summed E-state index contributed by atoms with van der Waals surface area (Å²) in [7, 11) is 4.02. The second-order valence-corrected chi connectivity index (χ2v) is 10.5. The monoisotopic (exact) mass is 562 g/mol. The summed E-state index contributed by atoms with van der Waals surface area (Å²) < 4.78 is 28.9. The highest BCUT2D eigenvalue weighted by Crippen LogP contribution is 2.27. The molecule has 1 N–H and O–H groups in total. The van der Waals surface area contributed by atoms with Gasteiger partial charge in [0.25, 0.3) is 11.5 Å². The van der Waals surface area contributed by atoms with Gasteiger partial charge in [0.2, 0.25) is 0 Å². The van der Waals surface area contributed by atoms with Crippen LogP contribution in [0.3, 0.4) is 0 Å². The van der Waals surface area contributed by atoms with E-state index in [1.165, 1.54) is 7.11 Å². The number of hydrogen-bond donors (Lipinski definition) is 1. The molecule has 5 rings (SSSR count). The summed E-state index contributed by atoms with van der Waals surface area (Å²) in [5.74, 6) is -0.581. The Morgan fingerprint density at radius 3 is 2.48 bits per heavy atom. The average molecular weight is 563 g/mol. The van der Waals surface area contributed by atoms with Crippen molar-refractivity contribution in [2.45, 2.75) is 38.9 Å². The number of pyridine rings is 1. The van der Waals surface area contributed by atoms with Crippen LogP contribution in [0.4, 0.5) is 4.39 Å². The van der Waals surface area contributed by atoms with E-state index in [2.05, 4.69) is 14.6 Å². The molecule has 3 heterocycles. The summed E-state index contributed by atoms with van der Waals surface area (Å²) in [4.78, 5) is 25.4. The van der Waals surface area contributed by atoms with Crippen LogP contribution in [0.25, 0.3) is 0 Å². The Kier molecular flexibility index (Phi) is 8.43. The van der Waals surface area contributed by atoms with E-state index in [4.69, 9.17) is 14.6 Å². The van der Waals surface area contributed by atoms with E-state index in [0.717, 1.165) is 22.0 Å². The number of ether oxygens (including phenoxy) is 2. The van der Waals surface area contributed by atoms with Gasteiger partial charge in [-0.3, -0.25) is 14.3 Å². The molecule has 1 aliphatic heterocycles. The summed E-state index contributed by atoms with van der Waals surface area (Å²) in [6, 6.07) is 14.7. The van der Waals surface area contributed by atoms with E-state index in [0.29, 0.717) is 49.5 Å². The Hall–Kier alpha value is -3.81. The predicted molar refractivity (Wildman–Crippen MR) is 154 cm³/mol. The first kappa shape index (κ1) is 27.7. The summed E-state index contributed by atoms with van der Waals surface area (Å²) in [5, 5.41) is 8.56. The van der Waals surface area contributed by atoms with Crippen molar-refractivity contribution in [3.8, 4) is 5.75 Å². The number of amides is 1. The number of carbonyl (C=O) groups excluding carboxylic acids is 1. The minimum absolute atomic E-state index is 0.0370. The molecule has 1 aliphatic rings. The van der Waals surface area contributed by atoms with Crippen molar-refractivity contribution < 1.29 is 18.7 Å². The van der Waals surface area contributed by atoms with Crippen molar-refractivity contribution in [1.82, 2.24) is 19.7 Å². The number of rotatable bonds is 10. The van der Waals surface area contributed by atoms with Crippen LogP contribution in [0, 0.1) is 5.82 Å². The first-order valence-corrected chi connectivity index (χ1v) is 13.7. The van der Waals surface area contributed by atoms with Gasteiger partial charge in [0, 0.05) is 30.6 Å². The standard InChI is InChI=1S/C30H32FN4O4P/c1-3-21-8-10-26(38-2)28(31)24(21)12-32-30(37)25-16-35(33-29(25)22-17-39-18-22)14-20-6-4-19(5-7-20)13-34-15-23(40)9-11-27(34)36/h4-11,15-16,22H,3,12-14,17-18,40H2,1-2H3,(H,32,37). The highest BCUT2D eigenvalue weighted by atomic mass is 31.0. The fraction of sp³-hybridized carbons (Fsp3) is 0.300. The van der Waals surface area contributed by atoms with Crippen LogP contribution in [-0.2, 0) is 30.8 Å². The van der Waals surface area contributed by atoms with E-state index in [-0.39, 0.29) is 29.7 Å². The van der Waals surface area contributed by atoms with Crippen LogP contribution in [0.2, 0.25) is 0 Å². The third-order valence-corrected chi connectivity index (χ3v) is 7.46. The molecule has 208 valence electrons. The molecule has 0 saturated carbocycles. The van der Waals surface area contributed by atoms with Crippen molar-refractivity contribution in [1.29, 1.82) is 0 Å². The lowest BCUT2D eigenvalue weighted by atomic mass is 10.00. The summed E-state index contributed by atoms with van der Waals surface area (Å²) in [6.07, 6.45) is 4.19. The third kappa shape index (κ3) is 6.01. The number of hydrogen-bond acceptors (Lipinski definition) is 5. The molecule has 1 amide bonds. The number of aromatic nitrogens is 3. The minimum Gasteiger partial charge on any atom is -0.494 e. The lowest BCUT2D eigenvalue weighted by Gasteiger charge is -2.25. The molecule has 2 aromatic heterocycles. The van der Waals surface area contributed by atoms with Gasteiger partial charge in [0.1, 0.15) is 0 Å². The number of nitrogens with one attached hydrogen (secondary N) is 1. The Morgan fingerprint density at radius 1 is 1.10 bits per heavy atom. The Morgan fingerprint density at radius 2 is 1.82 bits per heavy atom. The first-order valence-electron chi connectivity index (χ1n) is 13.2. The fourth-order valence-corrected chi connectivity index (χ4v) is 5.05. The Labute approximate surface area is 234 Å². The highest BCUT2D eigenvalue weighted by Gasteiger charge is 2.29. The van der Waals surface area contributed by atoms with Crippen molar-refractivity contribution in [3.63, 3.8) is 0 Å². The zero-order chi connectivity index (χ0) is 28.2. The van der Waals surface area contributed by atoms with Crippen LogP contribution >= 0.6 is 9.24 Å². The van der Waals surface area contributed by atoms with Crippen LogP contribution in [-0.4, -0.2) is 40.6 Å². The van der Waals surface area contributed by atoms with E-state index in [1.807, 2.05) is 43.5 Å². The van der Waals surface area contributed by atoms with Crippen molar-refractivity contribution in [2.24, 2.45) is 0 Å². The van der Waals surface area contributed by atoms with Gasteiger partial charge in [-0.15, -0.1) is 9.24 Å². The van der Waals surface area contributed by atoms with Crippen molar-refractivity contribution in [2.75, 3.05) is 20.3 Å². The van der Waals surface area contributed by atoms with E-state index in [1.54, 1.807) is 33.6 Å². The summed E-state index contributed by atoms with van der Waals surface area (Å²) in [5.41, 5.74) is 4.34. The molecular formula is C30H32FN4O4P. The fourth-order valence-electron chi connectivity index (χ4n) is 4.78. The smallest absolute Gasteiger partial charge is 0.255 e. The molecule has 2 aromatic carbocycles. The van der Waals surface area contributed by atoms with Gasteiger partial charge < -0.3 is 19.4 Å². The molecule has 10 heteroatoms. The maximum Gasteiger partial charge on any atom is 0.255 e. The Balaban J connectivity index is 1.31. The molecular weight excluding hydrogens is 530 g/mol. The van der Waals surface area contributed by atoms with Crippen molar-refractivity contribution >= 4 is 20.5 Å². The Bertz CT molecular complexity index is 1580. The van der Waals surface area contributed by atoms with Crippen LogP contribution in [0.5, 0.6) is 5.75 Å². The van der Waals surface area contributed by atoms with Gasteiger partial charge in [0.15, 0.2) is 11.6 Å². The van der Waals surface area contributed by atoms with Gasteiger partial charge in [0.05, 0.1) is 50.6 Å². The van der Waals surface area contributed by atoms with Gasteiger partial charge in [-0.25, -0.2) is 4.39 Å². The van der Waals surface area contributed by atoms with E-state index >= 15 is 0 Å². The zero-order valence-electron chi connectivity index (χ0n) is 22.5. The SMILES string of the molecule is CCc1ccc(OC)c(F)c1CNC(=O)c1cn(Cc2ccc(Cn3cc(P)ccc3=O)cc2)nc1C1COC1. The molecule has 0 radical (unpaired) electrons. The maximum atomic E-state index is 15.0. The lowest BCUT2D eigenvalue weighted by Crippen LogP contribution is -2.30. The summed E-state index contributed by atoms with van der Waals surface area (Å²) >= 11 is 0. The predicted octanol–water partition coefficient (Wildman–Crippen LogP) is 3.40. The van der Waals surface area contributed by atoms with Gasteiger partial charge in [-0.2, -0.15) is 5.10 Å². The molecule has 1 unspecified atom stereocenters.